The van der Waals surface area contributed by atoms with Crippen molar-refractivity contribution in [2.45, 2.75) is 32.1 Å². The monoisotopic (exact) mass is 405 g/mol. The maximum absolute atomic E-state index is 13.1. The van der Waals surface area contributed by atoms with E-state index in [0.29, 0.717) is 21.3 Å². The van der Waals surface area contributed by atoms with Crippen molar-refractivity contribution >= 4 is 45.4 Å². The highest BCUT2D eigenvalue weighted by molar-refractivity contribution is 7.17. The number of carbonyl (C=O) groups is 2. The number of nitrogens with one attached hydrogen (secondary N) is 2. The van der Waals surface area contributed by atoms with Crippen molar-refractivity contribution in [2.24, 2.45) is 0 Å². The largest absolute Gasteiger partial charge is 0.322 e. The van der Waals surface area contributed by atoms with Gasteiger partial charge in [0.25, 0.3) is 5.91 Å². The Balaban J connectivity index is 1.90. The zero-order valence-electron chi connectivity index (χ0n) is 15.6. The number of thiophene rings is 1. The quantitative estimate of drug-likeness (QED) is 0.723. The lowest BCUT2D eigenvalue weighted by atomic mass is 10.0. The van der Waals surface area contributed by atoms with Crippen LogP contribution in [0.3, 0.4) is 0 Å². The van der Waals surface area contributed by atoms with Crippen LogP contribution >= 0.6 is 22.9 Å². The van der Waals surface area contributed by atoms with Crippen LogP contribution in [0.5, 0.6) is 0 Å². The van der Waals surface area contributed by atoms with Crippen LogP contribution < -0.4 is 10.6 Å². The van der Waals surface area contributed by atoms with Crippen molar-refractivity contribution < 1.29 is 9.59 Å². The van der Waals surface area contributed by atoms with E-state index in [0.717, 1.165) is 31.2 Å². The highest BCUT2D eigenvalue weighted by atomic mass is 35.5. The van der Waals surface area contributed by atoms with E-state index in [1.54, 1.807) is 29.2 Å². The number of hydrogen-bond acceptors (Lipinski definition) is 4. The first-order chi connectivity index (χ1) is 12.9. The molecule has 1 aliphatic carbocycles. The first-order valence-corrected chi connectivity index (χ1v) is 10.3. The third-order valence-electron chi connectivity index (χ3n) is 4.46. The second kappa shape index (κ2) is 8.87. The molecule has 27 heavy (non-hydrogen) atoms. The van der Waals surface area contributed by atoms with Crippen molar-refractivity contribution in [1.29, 1.82) is 0 Å². The van der Waals surface area contributed by atoms with Crippen LogP contribution in [0.4, 0.5) is 10.7 Å². The van der Waals surface area contributed by atoms with Gasteiger partial charge in [-0.15, -0.1) is 11.3 Å². The number of fused-ring (bicyclic) bond motifs is 1. The Kier molecular flexibility index (Phi) is 6.52. The average molecular weight is 406 g/mol. The number of anilines is 2. The standard InChI is InChI=1S/C20H24ClN3O2S/c1-24(2)12-17(25)23-20-18(15-6-4-3-5-7-16(15)27-20)19(26)22-14-10-8-13(21)9-11-14/h8-11H,3-7,12H2,1-2H3,(H,22,26)(H,23,25). The minimum atomic E-state index is -0.183. The van der Waals surface area contributed by atoms with Gasteiger partial charge < -0.3 is 15.5 Å². The van der Waals surface area contributed by atoms with Crippen molar-refractivity contribution in [1.82, 2.24) is 4.90 Å². The molecular weight excluding hydrogens is 382 g/mol. The predicted molar refractivity (Wildman–Crippen MR) is 112 cm³/mol. The molecule has 0 saturated carbocycles. The molecule has 1 aliphatic rings. The molecule has 1 heterocycles. The molecule has 0 bridgehead atoms. The van der Waals surface area contributed by atoms with Gasteiger partial charge in [0.05, 0.1) is 12.1 Å². The number of likely N-dealkylation sites (N-methyl/N-ethyl adjacent to an activating group) is 1. The Labute approximate surface area is 168 Å². The smallest absolute Gasteiger partial charge is 0.258 e. The maximum Gasteiger partial charge on any atom is 0.258 e. The molecule has 0 spiro atoms. The molecule has 0 atom stereocenters. The highest BCUT2D eigenvalue weighted by Crippen LogP contribution is 2.38. The number of carbonyl (C=O) groups excluding carboxylic acids is 2. The minimum Gasteiger partial charge on any atom is -0.322 e. The molecule has 0 saturated heterocycles. The van der Waals surface area contributed by atoms with Crippen LogP contribution in [0.15, 0.2) is 24.3 Å². The number of benzene rings is 1. The maximum atomic E-state index is 13.1. The fourth-order valence-corrected chi connectivity index (χ4v) is 4.68. The van der Waals surface area contributed by atoms with Crippen molar-refractivity contribution in [2.75, 3.05) is 31.3 Å². The Morgan fingerprint density at radius 2 is 1.78 bits per heavy atom. The summed E-state index contributed by atoms with van der Waals surface area (Å²) in [4.78, 5) is 28.4. The molecule has 2 aromatic rings. The van der Waals surface area contributed by atoms with E-state index in [1.165, 1.54) is 22.6 Å². The fourth-order valence-electron chi connectivity index (χ4n) is 3.25. The first kappa shape index (κ1) is 19.9. The van der Waals surface area contributed by atoms with Gasteiger partial charge in [0.1, 0.15) is 5.00 Å². The number of hydrogen-bond donors (Lipinski definition) is 2. The summed E-state index contributed by atoms with van der Waals surface area (Å²) >= 11 is 7.46. The lowest BCUT2D eigenvalue weighted by Gasteiger charge is -2.12. The highest BCUT2D eigenvalue weighted by Gasteiger charge is 2.25. The summed E-state index contributed by atoms with van der Waals surface area (Å²) in [5.74, 6) is -0.297. The fraction of sp³-hybridized carbons (Fsp3) is 0.400. The zero-order valence-corrected chi connectivity index (χ0v) is 17.2. The molecule has 1 aromatic carbocycles. The van der Waals surface area contributed by atoms with E-state index in [2.05, 4.69) is 10.6 Å². The lowest BCUT2D eigenvalue weighted by Crippen LogP contribution is -2.27. The van der Waals surface area contributed by atoms with E-state index >= 15 is 0 Å². The molecular formula is C20H24ClN3O2S. The third kappa shape index (κ3) is 5.09. The van der Waals surface area contributed by atoms with E-state index in [1.807, 2.05) is 14.1 Å². The van der Waals surface area contributed by atoms with Crippen molar-refractivity contribution in [3.05, 3.63) is 45.3 Å². The third-order valence-corrected chi connectivity index (χ3v) is 5.92. The molecule has 0 unspecified atom stereocenters. The van der Waals surface area contributed by atoms with Crippen molar-refractivity contribution in [3.63, 3.8) is 0 Å². The molecule has 2 amide bonds. The van der Waals surface area contributed by atoms with Crippen LogP contribution in [0.2, 0.25) is 5.02 Å². The number of aryl methyl sites for hydroxylation is 1. The number of nitrogens with zero attached hydrogens (tertiary/aromatic N) is 1. The average Bonchev–Trinajstić information content (AvgIpc) is 2.77. The summed E-state index contributed by atoms with van der Waals surface area (Å²) < 4.78 is 0. The minimum absolute atomic E-state index is 0.114. The van der Waals surface area contributed by atoms with Crippen LogP contribution in [0.1, 0.15) is 40.1 Å². The SMILES string of the molecule is CN(C)CC(=O)Nc1sc2c(c1C(=O)Nc1ccc(Cl)cc1)CCCCC2. The van der Waals surface area contributed by atoms with Gasteiger partial charge in [-0.2, -0.15) is 0 Å². The number of amides is 2. The topological polar surface area (TPSA) is 61.4 Å². The molecule has 1 aromatic heterocycles. The van der Waals surface area contributed by atoms with Gasteiger partial charge in [0.2, 0.25) is 5.91 Å². The van der Waals surface area contributed by atoms with Crippen LogP contribution in [0, 0.1) is 0 Å². The Morgan fingerprint density at radius 3 is 2.48 bits per heavy atom. The molecule has 3 rings (SSSR count). The molecule has 0 fully saturated rings. The van der Waals surface area contributed by atoms with Gasteiger partial charge in [0.15, 0.2) is 0 Å². The second-order valence-corrected chi connectivity index (χ2v) is 8.56. The number of rotatable bonds is 5. The molecule has 2 N–H and O–H groups in total. The van der Waals surface area contributed by atoms with Gasteiger partial charge in [-0.05, 0) is 69.6 Å². The van der Waals surface area contributed by atoms with Gasteiger partial charge in [-0.3, -0.25) is 9.59 Å². The van der Waals surface area contributed by atoms with E-state index < -0.39 is 0 Å². The van der Waals surface area contributed by atoms with Crippen LogP contribution in [-0.2, 0) is 17.6 Å². The van der Waals surface area contributed by atoms with Gasteiger partial charge >= 0.3 is 0 Å². The number of halogens is 1. The van der Waals surface area contributed by atoms with E-state index in [9.17, 15) is 9.59 Å². The molecule has 144 valence electrons. The lowest BCUT2D eigenvalue weighted by molar-refractivity contribution is -0.116. The Morgan fingerprint density at radius 1 is 1.07 bits per heavy atom. The normalized spacial score (nSPS) is 13.8. The van der Waals surface area contributed by atoms with Gasteiger partial charge in [-0.1, -0.05) is 18.0 Å². The second-order valence-electron chi connectivity index (χ2n) is 7.02. The van der Waals surface area contributed by atoms with Crippen LogP contribution in [-0.4, -0.2) is 37.4 Å². The van der Waals surface area contributed by atoms with Gasteiger partial charge in [-0.25, -0.2) is 0 Å². The van der Waals surface area contributed by atoms with Crippen molar-refractivity contribution in [3.8, 4) is 0 Å². The summed E-state index contributed by atoms with van der Waals surface area (Å²) in [5, 5.41) is 7.17. The molecule has 7 heteroatoms. The van der Waals surface area contributed by atoms with E-state index in [-0.39, 0.29) is 18.4 Å². The first-order valence-electron chi connectivity index (χ1n) is 9.10. The van der Waals surface area contributed by atoms with E-state index in [4.69, 9.17) is 11.6 Å². The molecule has 0 radical (unpaired) electrons. The van der Waals surface area contributed by atoms with Crippen LogP contribution in [0.25, 0.3) is 0 Å². The molecule has 5 nitrogen and oxygen atoms in total. The zero-order chi connectivity index (χ0) is 19.4. The summed E-state index contributed by atoms with van der Waals surface area (Å²) in [6.45, 7) is 0.279. The Hall–Kier alpha value is -1.89. The summed E-state index contributed by atoms with van der Waals surface area (Å²) in [5.41, 5.74) is 2.38. The summed E-state index contributed by atoms with van der Waals surface area (Å²) in [7, 11) is 3.69. The molecule has 0 aliphatic heterocycles. The predicted octanol–water partition coefficient (Wildman–Crippen LogP) is 4.42. The summed E-state index contributed by atoms with van der Waals surface area (Å²) in [6, 6.07) is 7.03. The Bertz CT molecular complexity index is 830. The summed E-state index contributed by atoms with van der Waals surface area (Å²) in [6.07, 6.45) is 5.19. The van der Waals surface area contributed by atoms with Gasteiger partial charge in [0, 0.05) is 15.6 Å².